The van der Waals surface area contributed by atoms with Gasteiger partial charge in [-0.3, -0.25) is 15.1 Å². The summed E-state index contributed by atoms with van der Waals surface area (Å²) < 4.78 is 5.31. The summed E-state index contributed by atoms with van der Waals surface area (Å²) in [6, 6.07) is 5.38. The van der Waals surface area contributed by atoms with Gasteiger partial charge in [0.15, 0.2) is 5.96 Å². The van der Waals surface area contributed by atoms with Gasteiger partial charge in [-0.1, -0.05) is 6.07 Å². The fraction of sp³-hybridized carbons (Fsp3) is 0.333. The number of H-pyrrole nitrogens is 1. The zero-order chi connectivity index (χ0) is 15.7. The minimum Gasteiger partial charge on any atom is -0.495 e. The van der Waals surface area contributed by atoms with Gasteiger partial charge in [0, 0.05) is 11.4 Å². The highest BCUT2D eigenvalue weighted by Gasteiger charge is 2.23. The van der Waals surface area contributed by atoms with Crippen LogP contribution in [0, 0.1) is 12.3 Å². The Morgan fingerprint density at radius 1 is 1.43 bits per heavy atom. The number of aromatic nitrogens is 1. The molecule has 1 amide bonds. The van der Waals surface area contributed by atoms with E-state index in [0.717, 1.165) is 16.5 Å². The fourth-order valence-electron chi connectivity index (χ4n) is 2.37. The Balaban J connectivity index is 2.55. The number of guanidine groups is 1. The van der Waals surface area contributed by atoms with Gasteiger partial charge in [0.05, 0.1) is 12.6 Å². The molecule has 0 unspecified atom stereocenters. The maximum Gasteiger partial charge on any atom is 0.277 e. The van der Waals surface area contributed by atoms with Crippen molar-refractivity contribution < 1.29 is 9.53 Å². The number of ether oxygens (including phenoxy) is 1. The van der Waals surface area contributed by atoms with E-state index in [9.17, 15) is 4.79 Å². The van der Waals surface area contributed by atoms with Crippen molar-refractivity contribution in [3.05, 3.63) is 29.5 Å². The monoisotopic (exact) mass is 288 g/mol. The van der Waals surface area contributed by atoms with Gasteiger partial charge < -0.3 is 15.5 Å². The highest BCUT2D eigenvalue weighted by atomic mass is 16.5. The smallest absolute Gasteiger partial charge is 0.277 e. The molecule has 2 aromatic rings. The lowest BCUT2D eigenvalue weighted by Gasteiger charge is -2.23. The molecule has 0 radical (unpaired) electrons. The lowest BCUT2D eigenvalue weighted by atomic mass is 10.1. The topological polar surface area (TPSA) is 95.2 Å². The average Bonchev–Trinajstić information content (AvgIpc) is 2.84. The lowest BCUT2D eigenvalue weighted by molar-refractivity contribution is 0.0811. The first-order valence-electron chi connectivity index (χ1n) is 6.70. The van der Waals surface area contributed by atoms with E-state index in [-0.39, 0.29) is 17.9 Å². The Hall–Kier alpha value is -2.50. The summed E-state index contributed by atoms with van der Waals surface area (Å²) in [5.74, 6) is 0.0843. The van der Waals surface area contributed by atoms with Crippen molar-refractivity contribution in [2.24, 2.45) is 5.73 Å². The molecule has 0 aliphatic carbocycles. The average molecular weight is 288 g/mol. The van der Waals surface area contributed by atoms with Crippen LogP contribution in [-0.4, -0.2) is 34.9 Å². The SMILES string of the molecule is COc1ccc(C)c2cc(C(=O)N(C(=N)N)C(C)C)[nH]c12. The first-order valence-corrected chi connectivity index (χ1v) is 6.70. The first-order chi connectivity index (χ1) is 9.86. The number of aryl methyl sites for hydroxylation is 1. The quantitative estimate of drug-likeness (QED) is 0.597. The summed E-state index contributed by atoms with van der Waals surface area (Å²) in [5, 5.41) is 8.48. The van der Waals surface area contributed by atoms with E-state index in [0.29, 0.717) is 11.4 Å². The number of nitrogens with zero attached hydrogens (tertiary/aromatic N) is 1. The third kappa shape index (κ3) is 2.56. The molecular formula is C15H20N4O2. The number of fused-ring (bicyclic) bond motifs is 1. The number of rotatable bonds is 3. The summed E-state index contributed by atoms with van der Waals surface area (Å²) in [5.41, 5.74) is 7.71. The van der Waals surface area contributed by atoms with Crippen LogP contribution in [0.15, 0.2) is 18.2 Å². The van der Waals surface area contributed by atoms with Crippen molar-refractivity contribution in [3.8, 4) is 5.75 Å². The molecule has 0 fully saturated rings. The van der Waals surface area contributed by atoms with Crippen LogP contribution in [0.25, 0.3) is 10.9 Å². The number of nitrogens with one attached hydrogen (secondary N) is 2. The van der Waals surface area contributed by atoms with E-state index in [1.54, 1.807) is 13.2 Å². The molecule has 0 aliphatic heterocycles. The summed E-state index contributed by atoms with van der Waals surface area (Å²) >= 11 is 0. The van der Waals surface area contributed by atoms with Crippen molar-refractivity contribution in [3.63, 3.8) is 0 Å². The number of amides is 1. The summed E-state index contributed by atoms with van der Waals surface area (Å²) in [4.78, 5) is 16.9. The van der Waals surface area contributed by atoms with Crippen LogP contribution in [0.5, 0.6) is 5.75 Å². The normalized spacial score (nSPS) is 10.9. The second-order valence-corrected chi connectivity index (χ2v) is 5.21. The van der Waals surface area contributed by atoms with Crippen LogP contribution < -0.4 is 10.5 Å². The molecule has 0 spiro atoms. The second-order valence-electron chi connectivity index (χ2n) is 5.21. The van der Waals surface area contributed by atoms with Crippen molar-refractivity contribution in [2.45, 2.75) is 26.8 Å². The number of nitrogens with two attached hydrogens (primary N) is 1. The molecule has 0 saturated carbocycles. The molecule has 2 rings (SSSR count). The van der Waals surface area contributed by atoms with Gasteiger partial charge in [-0.05, 0) is 38.5 Å². The number of aromatic amines is 1. The Morgan fingerprint density at radius 3 is 2.62 bits per heavy atom. The first kappa shape index (κ1) is 14.9. The Bertz CT molecular complexity index is 703. The molecule has 6 heteroatoms. The van der Waals surface area contributed by atoms with Gasteiger partial charge in [0.1, 0.15) is 11.4 Å². The van der Waals surface area contributed by atoms with E-state index in [1.165, 1.54) is 4.90 Å². The predicted molar refractivity (Wildman–Crippen MR) is 82.8 cm³/mol. The van der Waals surface area contributed by atoms with Gasteiger partial charge in [-0.15, -0.1) is 0 Å². The predicted octanol–water partition coefficient (Wildman–Crippen LogP) is 2.23. The molecular weight excluding hydrogens is 268 g/mol. The van der Waals surface area contributed by atoms with Crippen LogP contribution in [0.4, 0.5) is 0 Å². The number of benzene rings is 1. The number of hydrogen-bond donors (Lipinski definition) is 3. The third-order valence-electron chi connectivity index (χ3n) is 3.42. The summed E-state index contributed by atoms with van der Waals surface area (Å²) in [7, 11) is 1.59. The zero-order valence-electron chi connectivity index (χ0n) is 12.7. The third-order valence-corrected chi connectivity index (χ3v) is 3.42. The molecule has 1 aromatic heterocycles. The van der Waals surface area contributed by atoms with Crippen LogP contribution in [-0.2, 0) is 0 Å². The molecule has 1 heterocycles. The van der Waals surface area contributed by atoms with Gasteiger partial charge in [-0.2, -0.15) is 0 Å². The van der Waals surface area contributed by atoms with Crippen molar-refractivity contribution in [1.82, 2.24) is 9.88 Å². The minimum absolute atomic E-state index is 0.190. The van der Waals surface area contributed by atoms with Crippen LogP contribution in [0.2, 0.25) is 0 Å². The zero-order valence-corrected chi connectivity index (χ0v) is 12.7. The molecule has 0 saturated heterocycles. The Kier molecular flexibility index (Phi) is 3.88. The van der Waals surface area contributed by atoms with Crippen molar-refractivity contribution in [1.29, 1.82) is 5.41 Å². The maximum absolute atomic E-state index is 12.5. The van der Waals surface area contributed by atoms with E-state index < -0.39 is 0 Å². The second kappa shape index (κ2) is 5.47. The molecule has 6 nitrogen and oxygen atoms in total. The van der Waals surface area contributed by atoms with Crippen LogP contribution in [0.1, 0.15) is 29.9 Å². The van der Waals surface area contributed by atoms with E-state index >= 15 is 0 Å². The lowest BCUT2D eigenvalue weighted by Crippen LogP contribution is -2.45. The number of methoxy groups -OCH3 is 1. The van der Waals surface area contributed by atoms with Gasteiger partial charge in [-0.25, -0.2) is 0 Å². The molecule has 0 atom stereocenters. The Labute approximate surface area is 123 Å². The molecule has 21 heavy (non-hydrogen) atoms. The fourth-order valence-corrected chi connectivity index (χ4v) is 2.37. The molecule has 1 aromatic carbocycles. The van der Waals surface area contributed by atoms with E-state index in [4.69, 9.17) is 15.9 Å². The van der Waals surface area contributed by atoms with Crippen molar-refractivity contribution >= 4 is 22.8 Å². The highest BCUT2D eigenvalue weighted by molar-refractivity contribution is 6.07. The number of hydrogen-bond acceptors (Lipinski definition) is 3. The maximum atomic E-state index is 12.5. The molecule has 0 bridgehead atoms. The van der Waals surface area contributed by atoms with Gasteiger partial charge >= 0.3 is 0 Å². The van der Waals surface area contributed by atoms with E-state index in [2.05, 4.69) is 4.98 Å². The summed E-state index contributed by atoms with van der Waals surface area (Å²) in [6.07, 6.45) is 0. The minimum atomic E-state index is -0.324. The molecule has 0 aliphatic rings. The van der Waals surface area contributed by atoms with Crippen molar-refractivity contribution in [2.75, 3.05) is 7.11 Å². The standard InChI is InChI=1S/C15H20N4O2/c1-8(2)19(15(16)17)14(20)11-7-10-9(3)5-6-12(21-4)13(10)18-11/h5-8,18H,1-4H3,(H3,16,17). The van der Waals surface area contributed by atoms with Gasteiger partial charge in [0.2, 0.25) is 0 Å². The molecule has 112 valence electrons. The van der Waals surface area contributed by atoms with Crippen LogP contribution >= 0.6 is 0 Å². The van der Waals surface area contributed by atoms with Gasteiger partial charge in [0.25, 0.3) is 5.91 Å². The number of carbonyl (C=O) groups is 1. The number of carbonyl (C=O) groups excluding carboxylic acids is 1. The highest BCUT2D eigenvalue weighted by Crippen LogP contribution is 2.29. The molecule has 4 N–H and O–H groups in total. The van der Waals surface area contributed by atoms with E-state index in [1.807, 2.05) is 32.9 Å². The Morgan fingerprint density at radius 2 is 2.10 bits per heavy atom. The largest absolute Gasteiger partial charge is 0.495 e. The summed E-state index contributed by atoms with van der Waals surface area (Å²) in [6.45, 7) is 5.59. The van der Waals surface area contributed by atoms with Crippen LogP contribution in [0.3, 0.4) is 0 Å².